The topological polar surface area (TPSA) is 38.2 Å². The zero-order valence-corrected chi connectivity index (χ0v) is 19.9. The molecular formula is C26H37BrN2. The second-order valence-electron chi connectivity index (χ2n) is 8.76. The molecule has 3 heteroatoms. The number of nitrogens with zero attached hydrogens (tertiary/aromatic N) is 1. The van der Waals surface area contributed by atoms with E-state index in [1.165, 1.54) is 92.2 Å². The van der Waals surface area contributed by atoms with Crippen LogP contribution in [-0.4, -0.2) is 13.1 Å². The molecule has 29 heavy (non-hydrogen) atoms. The minimum absolute atomic E-state index is 0. The lowest BCUT2D eigenvalue weighted by atomic mass is 9.71. The van der Waals surface area contributed by atoms with Gasteiger partial charge in [0.25, 0.3) is 0 Å². The van der Waals surface area contributed by atoms with E-state index in [9.17, 15) is 0 Å². The molecule has 0 radical (unpaired) electrons. The summed E-state index contributed by atoms with van der Waals surface area (Å²) in [4.78, 5) is 2.62. The first-order valence-corrected chi connectivity index (χ1v) is 12.2. The molecular weight excluding hydrogens is 420 g/mol. The highest BCUT2D eigenvalue weighted by atomic mass is 79.9. The average molecular weight is 458 g/mol. The van der Waals surface area contributed by atoms with Gasteiger partial charge >= 0.3 is 0 Å². The van der Waals surface area contributed by atoms with Gasteiger partial charge in [-0.1, -0.05) is 67.6 Å². The summed E-state index contributed by atoms with van der Waals surface area (Å²) in [5, 5.41) is 0. The fourth-order valence-electron chi connectivity index (χ4n) is 5.42. The minimum atomic E-state index is 0. The molecule has 2 nitrogen and oxygen atoms in total. The van der Waals surface area contributed by atoms with Crippen LogP contribution in [0, 0.1) is 0 Å². The standard InChI is InChI=1S/C26H34BrN.H3N/c1-3-5-14-26(15-6-4-2)24-18-20(27)10-12-22(24)23-13-11-21(19-25(23)26)28-16-8-7-9-17-28;/h10-13,18-19H,3-9,14-17H2,1-2H3;1H3. The highest BCUT2D eigenvalue weighted by molar-refractivity contribution is 9.10. The molecule has 158 valence electrons. The largest absolute Gasteiger partial charge is 0.372 e. The highest BCUT2D eigenvalue weighted by Gasteiger charge is 2.42. The number of halogens is 1. The molecule has 0 aromatic heterocycles. The number of rotatable bonds is 7. The normalized spacial score (nSPS) is 16.9. The number of anilines is 1. The van der Waals surface area contributed by atoms with E-state index in [-0.39, 0.29) is 11.6 Å². The monoisotopic (exact) mass is 456 g/mol. The van der Waals surface area contributed by atoms with Crippen molar-refractivity contribution in [1.29, 1.82) is 0 Å². The Balaban J connectivity index is 0.00000240. The fourth-order valence-corrected chi connectivity index (χ4v) is 5.79. The minimum Gasteiger partial charge on any atom is -0.372 e. The van der Waals surface area contributed by atoms with Gasteiger partial charge in [-0.2, -0.15) is 0 Å². The lowest BCUT2D eigenvalue weighted by molar-refractivity contribution is 0.414. The van der Waals surface area contributed by atoms with Crippen LogP contribution in [0.1, 0.15) is 82.8 Å². The molecule has 1 heterocycles. The summed E-state index contributed by atoms with van der Waals surface area (Å²) in [6, 6.07) is 14.4. The molecule has 1 saturated heterocycles. The summed E-state index contributed by atoms with van der Waals surface area (Å²) in [7, 11) is 0. The van der Waals surface area contributed by atoms with E-state index in [1.807, 2.05) is 0 Å². The van der Waals surface area contributed by atoms with Gasteiger partial charge in [0.05, 0.1) is 0 Å². The van der Waals surface area contributed by atoms with E-state index in [1.54, 1.807) is 11.1 Å². The Morgan fingerprint density at radius 3 is 2.03 bits per heavy atom. The summed E-state index contributed by atoms with van der Waals surface area (Å²) >= 11 is 3.77. The Morgan fingerprint density at radius 2 is 1.41 bits per heavy atom. The number of unbranched alkanes of at least 4 members (excludes halogenated alkanes) is 2. The van der Waals surface area contributed by atoms with Gasteiger partial charge in [0.1, 0.15) is 0 Å². The maximum atomic E-state index is 3.77. The SMILES string of the molecule is CCCCC1(CCCC)c2cc(Br)ccc2-c2ccc(N3CCCCC3)cc21.N. The predicted molar refractivity (Wildman–Crippen MR) is 130 cm³/mol. The van der Waals surface area contributed by atoms with Gasteiger partial charge in [-0.3, -0.25) is 0 Å². The van der Waals surface area contributed by atoms with Crippen molar-refractivity contribution >= 4 is 21.6 Å². The van der Waals surface area contributed by atoms with Crippen molar-refractivity contribution in [1.82, 2.24) is 6.15 Å². The van der Waals surface area contributed by atoms with Crippen LogP contribution in [0.2, 0.25) is 0 Å². The maximum Gasteiger partial charge on any atom is 0.0369 e. The van der Waals surface area contributed by atoms with Gasteiger partial charge in [0, 0.05) is 28.7 Å². The molecule has 1 aliphatic heterocycles. The summed E-state index contributed by atoms with van der Waals surface area (Å²) < 4.78 is 1.22. The average Bonchev–Trinajstić information content (AvgIpc) is 3.00. The van der Waals surface area contributed by atoms with Gasteiger partial charge < -0.3 is 11.1 Å². The van der Waals surface area contributed by atoms with Crippen molar-refractivity contribution in [2.45, 2.75) is 77.0 Å². The highest BCUT2D eigenvalue weighted by Crippen LogP contribution is 2.55. The lowest BCUT2D eigenvalue weighted by Gasteiger charge is -2.34. The zero-order chi connectivity index (χ0) is 19.6. The van der Waals surface area contributed by atoms with Crippen molar-refractivity contribution in [3.8, 4) is 11.1 Å². The second-order valence-corrected chi connectivity index (χ2v) is 9.67. The van der Waals surface area contributed by atoms with Crippen molar-refractivity contribution in [3.05, 3.63) is 52.0 Å². The zero-order valence-electron chi connectivity index (χ0n) is 18.3. The number of fused-ring (bicyclic) bond motifs is 3. The van der Waals surface area contributed by atoms with E-state index >= 15 is 0 Å². The molecule has 2 aliphatic rings. The molecule has 1 aliphatic carbocycles. The van der Waals surface area contributed by atoms with Crippen LogP contribution in [-0.2, 0) is 5.41 Å². The summed E-state index contributed by atoms with van der Waals surface area (Å²) in [6.45, 7) is 7.09. The molecule has 0 saturated carbocycles. The smallest absolute Gasteiger partial charge is 0.0369 e. The first-order chi connectivity index (χ1) is 13.7. The van der Waals surface area contributed by atoms with E-state index in [2.05, 4.69) is 71.1 Å². The Bertz CT molecular complexity index is 815. The van der Waals surface area contributed by atoms with Crippen LogP contribution in [0.15, 0.2) is 40.9 Å². The van der Waals surface area contributed by atoms with Gasteiger partial charge in [0.15, 0.2) is 0 Å². The molecule has 4 rings (SSSR count). The Hall–Kier alpha value is -1.32. The molecule has 2 aromatic rings. The molecule has 0 unspecified atom stereocenters. The van der Waals surface area contributed by atoms with Crippen LogP contribution < -0.4 is 11.1 Å². The van der Waals surface area contributed by atoms with Gasteiger partial charge in [-0.15, -0.1) is 0 Å². The van der Waals surface area contributed by atoms with E-state index < -0.39 is 0 Å². The second kappa shape index (κ2) is 9.66. The van der Waals surface area contributed by atoms with Crippen LogP contribution in [0.3, 0.4) is 0 Å². The predicted octanol–water partition coefficient (Wildman–Crippen LogP) is 8.25. The van der Waals surface area contributed by atoms with Gasteiger partial charge in [0.2, 0.25) is 0 Å². The first kappa shape index (κ1) is 22.4. The molecule has 3 N–H and O–H groups in total. The van der Waals surface area contributed by atoms with Crippen molar-refractivity contribution in [2.75, 3.05) is 18.0 Å². The van der Waals surface area contributed by atoms with Crippen molar-refractivity contribution < 1.29 is 0 Å². The van der Waals surface area contributed by atoms with Crippen LogP contribution in [0.4, 0.5) is 5.69 Å². The third-order valence-electron chi connectivity index (χ3n) is 6.94. The quantitative estimate of drug-likeness (QED) is 0.455. The number of piperidine rings is 1. The Labute approximate surface area is 185 Å². The fraction of sp³-hybridized carbons (Fsp3) is 0.538. The molecule has 0 bridgehead atoms. The summed E-state index contributed by atoms with van der Waals surface area (Å²) in [5.74, 6) is 0. The van der Waals surface area contributed by atoms with E-state index in [4.69, 9.17) is 0 Å². The van der Waals surface area contributed by atoms with E-state index in [0.717, 1.165) is 0 Å². The van der Waals surface area contributed by atoms with Crippen LogP contribution in [0.5, 0.6) is 0 Å². The molecule has 0 amide bonds. The third kappa shape index (κ3) is 4.14. The maximum absolute atomic E-state index is 3.77. The number of hydrogen-bond donors (Lipinski definition) is 1. The van der Waals surface area contributed by atoms with Crippen LogP contribution in [0.25, 0.3) is 11.1 Å². The van der Waals surface area contributed by atoms with Crippen molar-refractivity contribution in [2.24, 2.45) is 0 Å². The lowest BCUT2D eigenvalue weighted by Crippen LogP contribution is -2.30. The van der Waals surface area contributed by atoms with Crippen LogP contribution >= 0.6 is 15.9 Å². The van der Waals surface area contributed by atoms with Gasteiger partial charge in [-0.05, 0) is 78.6 Å². The summed E-state index contributed by atoms with van der Waals surface area (Å²) in [6.07, 6.45) is 11.7. The van der Waals surface area contributed by atoms with Crippen molar-refractivity contribution in [3.63, 3.8) is 0 Å². The number of hydrogen-bond acceptors (Lipinski definition) is 2. The molecule has 0 spiro atoms. The van der Waals surface area contributed by atoms with E-state index in [0.29, 0.717) is 0 Å². The Kier molecular flexibility index (Phi) is 7.45. The Morgan fingerprint density at radius 1 is 0.828 bits per heavy atom. The first-order valence-electron chi connectivity index (χ1n) is 11.4. The molecule has 1 fully saturated rings. The van der Waals surface area contributed by atoms with Gasteiger partial charge in [-0.25, -0.2) is 0 Å². The summed E-state index contributed by atoms with van der Waals surface area (Å²) in [5.41, 5.74) is 7.75. The number of benzene rings is 2. The molecule has 0 atom stereocenters. The third-order valence-corrected chi connectivity index (χ3v) is 7.43. The molecule has 2 aromatic carbocycles.